The third kappa shape index (κ3) is 2.97. The average molecular weight is 285 g/mol. The van der Waals surface area contributed by atoms with E-state index in [-0.39, 0.29) is 0 Å². The normalized spacial score (nSPS) is 10.3. The Morgan fingerprint density at radius 3 is 2.87 bits per heavy atom. The number of hydrogen-bond donors (Lipinski definition) is 1. The van der Waals surface area contributed by atoms with E-state index in [9.17, 15) is 0 Å². The van der Waals surface area contributed by atoms with E-state index in [4.69, 9.17) is 0 Å². The first-order valence-electron chi connectivity index (χ1n) is 4.37. The standard InChI is InChI=1S/C9H9BrN4S/c1-6-2-7(15-14-6)3-12-9-5-11-8(10)4-13-9/h2,4-5H,3H2,1H3,(H,12,13). The number of halogens is 1. The Bertz CT molecular complexity index is 440. The minimum atomic E-state index is 0.738. The fourth-order valence-electron chi connectivity index (χ4n) is 1.08. The lowest BCUT2D eigenvalue weighted by molar-refractivity contribution is 1.09. The number of aryl methyl sites for hydroxylation is 1. The van der Waals surface area contributed by atoms with E-state index in [0.717, 1.165) is 22.7 Å². The number of aromatic nitrogens is 3. The lowest BCUT2D eigenvalue weighted by Crippen LogP contribution is -1.99. The van der Waals surface area contributed by atoms with Gasteiger partial charge in [-0.1, -0.05) is 0 Å². The second-order valence-electron chi connectivity index (χ2n) is 3.01. The Balaban J connectivity index is 1.96. The summed E-state index contributed by atoms with van der Waals surface area (Å²) in [5.41, 5.74) is 1.05. The van der Waals surface area contributed by atoms with Gasteiger partial charge < -0.3 is 5.32 Å². The van der Waals surface area contributed by atoms with Gasteiger partial charge in [0, 0.05) is 4.88 Å². The summed E-state index contributed by atoms with van der Waals surface area (Å²) in [5.74, 6) is 0.768. The summed E-state index contributed by atoms with van der Waals surface area (Å²) in [6.45, 7) is 2.72. The van der Waals surface area contributed by atoms with E-state index < -0.39 is 0 Å². The molecule has 0 aromatic carbocycles. The quantitative estimate of drug-likeness (QED) is 0.941. The van der Waals surface area contributed by atoms with Gasteiger partial charge in [-0.2, -0.15) is 4.37 Å². The van der Waals surface area contributed by atoms with Gasteiger partial charge in [0.25, 0.3) is 0 Å². The van der Waals surface area contributed by atoms with Crippen LogP contribution >= 0.6 is 27.5 Å². The molecule has 0 aliphatic rings. The Morgan fingerprint density at radius 1 is 1.40 bits per heavy atom. The summed E-state index contributed by atoms with van der Waals surface area (Å²) in [5, 5.41) is 3.18. The van der Waals surface area contributed by atoms with Gasteiger partial charge in [-0.25, -0.2) is 9.97 Å². The molecule has 0 fully saturated rings. The van der Waals surface area contributed by atoms with Crippen molar-refractivity contribution >= 4 is 33.3 Å². The van der Waals surface area contributed by atoms with Gasteiger partial charge in [-0.3, -0.25) is 0 Å². The fraction of sp³-hybridized carbons (Fsp3) is 0.222. The van der Waals surface area contributed by atoms with Crippen LogP contribution in [0.5, 0.6) is 0 Å². The summed E-state index contributed by atoms with van der Waals surface area (Å²) in [6, 6.07) is 2.06. The van der Waals surface area contributed by atoms with Gasteiger partial charge in [0.1, 0.15) is 10.4 Å². The zero-order valence-corrected chi connectivity index (χ0v) is 10.5. The van der Waals surface area contributed by atoms with Crippen LogP contribution in [0.15, 0.2) is 23.1 Å². The molecule has 15 heavy (non-hydrogen) atoms. The Hall–Kier alpha value is -1.01. The molecule has 2 rings (SSSR count). The van der Waals surface area contributed by atoms with E-state index in [1.807, 2.05) is 6.92 Å². The van der Waals surface area contributed by atoms with Gasteiger partial charge in [0.2, 0.25) is 0 Å². The highest BCUT2D eigenvalue weighted by molar-refractivity contribution is 9.10. The van der Waals surface area contributed by atoms with Crippen molar-refractivity contribution in [2.24, 2.45) is 0 Å². The number of anilines is 1. The topological polar surface area (TPSA) is 50.7 Å². The summed E-state index contributed by atoms with van der Waals surface area (Å²) >= 11 is 4.74. The monoisotopic (exact) mass is 284 g/mol. The van der Waals surface area contributed by atoms with Crippen LogP contribution in [0.2, 0.25) is 0 Å². The van der Waals surface area contributed by atoms with Crippen LogP contribution in [0, 0.1) is 6.92 Å². The van der Waals surface area contributed by atoms with Crippen molar-refractivity contribution < 1.29 is 0 Å². The highest BCUT2D eigenvalue weighted by Gasteiger charge is 1.99. The number of rotatable bonds is 3. The molecule has 0 bridgehead atoms. The summed E-state index contributed by atoms with van der Waals surface area (Å²) in [6.07, 6.45) is 3.36. The fourth-order valence-corrected chi connectivity index (χ4v) is 1.96. The smallest absolute Gasteiger partial charge is 0.144 e. The van der Waals surface area contributed by atoms with Crippen molar-refractivity contribution in [1.29, 1.82) is 0 Å². The molecule has 4 nitrogen and oxygen atoms in total. The first-order valence-corrected chi connectivity index (χ1v) is 5.94. The number of nitrogens with one attached hydrogen (secondary N) is 1. The van der Waals surface area contributed by atoms with Crippen molar-refractivity contribution in [2.75, 3.05) is 5.32 Å². The SMILES string of the molecule is Cc1cc(CNc2cnc(Br)cn2)sn1. The van der Waals surface area contributed by atoms with Crippen molar-refractivity contribution in [2.45, 2.75) is 13.5 Å². The first-order chi connectivity index (χ1) is 7.24. The van der Waals surface area contributed by atoms with Crippen LogP contribution in [-0.2, 0) is 6.54 Å². The molecule has 0 radical (unpaired) electrons. The molecule has 0 spiro atoms. The molecular formula is C9H9BrN4S. The van der Waals surface area contributed by atoms with Crippen LogP contribution in [0.1, 0.15) is 10.6 Å². The zero-order valence-electron chi connectivity index (χ0n) is 8.07. The van der Waals surface area contributed by atoms with E-state index in [1.54, 1.807) is 12.4 Å². The lowest BCUT2D eigenvalue weighted by atomic mass is 10.4. The Kier molecular flexibility index (Phi) is 3.27. The molecule has 2 heterocycles. The van der Waals surface area contributed by atoms with Gasteiger partial charge in [0.15, 0.2) is 0 Å². The predicted molar refractivity (Wildman–Crippen MR) is 63.9 cm³/mol. The third-order valence-corrected chi connectivity index (χ3v) is 3.03. The Morgan fingerprint density at radius 2 is 2.27 bits per heavy atom. The minimum absolute atomic E-state index is 0.738. The molecule has 0 unspecified atom stereocenters. The molecular weight excluding hydrogens is 276 g/mol. The third-order valence-electron chi connectivity index (χ3n) is 1.74. The molecule has 0 aliphatic heterocycles. The summed E-state index contributed by atoms with van der Waals surface area (Å²) in [7, 11) is 0. The van der Waals surface area contributed by atoms with E-state index in [1.165, 1.54) is 16.4 Å². The van der Waals surface area contributed by atoms with Gasteiger partial charge in [0.05, 0.1) is 24.6 Å². The molecule has 0 saturated carbocycles. The van der Waals surface area contributed by atoms with E-state index in [2.05, 4.69) is 41.7 Å². The number of nitrogens with zero attached hydrogens (tertiary/aromatic N) is 3. The van der Waals surface area contributed by atoms with Crippen LogP contribution in [0.25, 0.3) is 0 Å². The van der Waals surface area contributed by atoms with Gasteiger partial charge >= 0.3 is 0 Å². The molecule has 2 aromatic heterocycles. The lowest BCUT2D eigenvalue weighted by Gasteiger charge is -2.01. The van der Waals surface area contributed by atoms with Gasteiger partial charge in [-0.15, -0.1) is 0 Å². The van der Waals surface area contributed by atoms with Crippen LogP contribution < -0.4 is 5.32 Å². The second-order valence-corrected chi connectivity index (χ2v) is 4.71. The molecule has 0 atom stereocenters. The van der Waals surface area contributed by atoms with E-state index >= 15 is 0 Å². The van der Waals surface area contributed by atoms with E-state index in [0.29, 0.717) is 0 Å². The summed E-state index contributed by atoms with van der Waals surface area (Å²) < 4.78 is 4.94. The maximum absolute atomic E-state index is 4.20. The Labute approximate surface area is 100 Å². The highest BCUT2D eigenvalue weighted by Crippen LogP contribution is 2.12. The van der Waals surface area contributed by atoms with Crippen molar-refractivity contribution in [3.05, 3.63) is 33.6 Å². The van der Waals surface area contributed by atoms with Crippen molar-refractivity contribution in [3.63, 3.8) is 0 Å². The first kappa shape index (κ1) is 10.5. The van der Waals surface area contributed by atoms with Gasteiger partial charge in [-0.05, 0) is 40.5 Å². The largest absolute Gasteiger partial charge is 0.364 e. The molecule has 2 aromatic rings. The number of hydrogen-bond acceptors (Lipinski definition) is 5. The maximum atomic E-state index is 4.20. The second kappa shape index (κ2) is 4.67. The summed E-state index contributed by atoms with van der Waals surface area (Å²) in [4.78, 5) is 9.43. The molecule has 0 saturated heterocycles. The van der Waals surface area contributed by atoms with Crippen molar-refractivity contribution in [1.82, 2.24) is 14.3 Å². The maximum Gasteiger partial charge on any atom is 0.144 e. The molecule has 78 valence electrons. The van der Waals surface area contributed by atoms with Crippen LogP contribution in [-0.4, -0.2) is 14.3 Å². The molecule has 1 N–H and O–H groups in total. The zero-order chi connectivity index (χ0) is 10.7. The average Bonchev–Trinajstić information content (AvgIpc) is 2.64. The molecule has 0 amide bonds. The van der Waals surface area contributed by atoms with Crippen molar-refractivity contribution in [3.8, 4) is 0 Å². The van der Waals surface area contributed by atoms with Crippen LogP contribution in [0.4, 0.5) is 5.82 Å². The molecule has 6 heteroatoms. The highest BCUT2D eigenvalue weighted by atomic mass is 79.9. The molecule has 0 aliphatic carbocycles. The van der Waals surface area contributed by atoms with Crippen LogP contribution in [0.3, 0.4) is 0 Å². The predicted octanol–water partition coefficient (Wildman–Crippen LogP) is 2.62. The minimum Gasteiger partial charge on any atom is -0.364 e.